The van der Waals surface area contributed by atoms with Crippen LogP contribution in [0, 0.1) is 17.2 Å². The zero-order valence-corrected chi connectivity index (χ0v) is 12.2. The maximum Gasteiger partial charge on any atom is 0.126 e. The Hall–Kier alpha value is -0.570. The van der Waals surface area contributed by atoms with Crippen LogP contribution in [0.3, 0.4) is 0 Å². The van der Waals surface area contributed by atoms with Crippen molar-refractivity contribution in [3.63, 3.8) is 0 Å². The topological polar surface area (TPSA) is 3.24 Å². The molecule has 0 bridgehead atoms. The Labute approximate surface area is 111 Å². The third kappa shape index (κ3) is 3.01. The van der Waals surface area contributed by atoms with Crippen molar-refractivity contribution in [3.8, 4) is 0 Å². The Kier molecular flexibility index (Phi) is 3.48. The van der Waals surface area contributed by atoms with Gasteiger partial charge in [0.15, 0.2) is 0 Å². The largest absolute Gasteiger partial charge is 0.371 e. The Morgan fingerprint density at radius 1 is 1.29 bits per heavy atom. The highest BCUT2D eigenvalue weighted by Gasteiger charge is 2.31. The summed E-state index contributed by atoms with van der Waals surface area (Å²) in [4.78, 5) is 2.28. The van der Waals surface area contributed by atoms with Crippen LogP contribution in [-0.2, 0) is 0 Å². The Morgan fingerprint density at radius 2 is 2.00 bits per heavy atom. The summed E-state index contributed by atoms with van der Waals surface area (Å²) in [5.74, 6) is 0.512. The van der Waals surface area contributed by atoms with Gasteiger partial charge in [0, 0.05) is 23.2 Å². The van der Waals surface area contributed by atoms with Crippen molar-refractivity contribution in [2.45, 2.75) is 27.2 Å². The van der Waals surface area contributed by atoms with E-state index in [4.69, 9.17) is 0 Å². The minimum absolute atomic E-state index is 0.173. The third-order valence-electron chi connectivity index (χ3n) is 3.63. The monoisotopic (exact) mass is 299 g/mol. The molecule has 1 heterocycles. The summed E-state index contributed by atoms with van der Waals surface area (Å²) in [5.41, 5.74) is 1.32. The van der Waals surface area contributed by atoms with Crippen LogP contribution < -0.4 is 4.90 Å². The van der Waals surface area contributed by atoms with Gasteiger partial charge < -0.3 is 4.90 Å². The van der Waals surface area contributed by atoms with E-state index in [1.54, 1.807) is 6.07 Å². The van der Waals surface area contributed by atoms with Crippen molar-refractivity contribution in [2.24, 2.45) is 11.3 Å². The molecule has 1 aromatic carbocycles. The Morgan fingerprint density at radius 3 is 2.53 bits per heavy atom. The molecule has 0 radical (unpaired) electrons. The van der Waals surface area contributed by atoms with Crippen LogP contribution in [0.15, 0.2) is 22.7 Å². The van der Waals surface area contributed by atoms with Crippen molar-refractivity contribution < 1.29 is 4.39 Å². The first-order valence-electron chi connectivity index (χ1n) is 6.07. The summed E-state index contributed by atoms with van der Waals surface area (Å²) in [6, 6.07) is 5.12. The molecule has 1 unspecified atom stereocenters. The summed E-state index contributed by atoms with van der Waals surface area (Å²) in [6.07, 6.45) is 1.19. The van der Waals surface area contributed by atoms with Gasteiger partial charge in [0.1, 0.15) is 5.82 Å². The normalized spacial score (nSPS) is 21.0. The number of halogens is 2. The van der Waals surface area contributed by atoms with E-state index >= 15 is 0 Å². The van der Waals surface area contributed by atoms with E-state index in [-0.39, 0.29) is 5.82 Å². The second kappa shape index (κ2) is 4.60. The van der Waals surface area contributed by atoms with Gasteiger partial charge in [0.2, 0.25) is 0 Å². The van der Waals surface area contributed by atoms with E-state index in [1.165, 1.54) is 12.5 Å². The summed E-state index contributed by atoms with van der Waals surface area (Å²) in [5, 5.41) is 0. The second-order valence-corrected chi connectivity index (χ2v) is 6.84. The van der Waals surface area contributed by atoms with E-state index in [1.807, 2.05) is 6.07 Å². The first-order chi connectivity index (χ1) is 7.86. The lowest BCUT2D eigenvalue weighted by Gasteiger charge is -2.27. The zero-order chi connectivity index (χ0) is 12.6. The van der Waals surface area contributed by atoms with Crippen molar-refractivity contribution in [1.82, 2.24) is 0 Å². The number of benzene rings is 1. The zero-order valence-electron chi connectivity index (χ0n) is 10.6. The van der Waals surface area contributed by atoms with Crippen LogP contribution in [0.1, 0.15) is 27.2 Å². The van der Waals surface area contributed by atoms with Gasteiger partial charge in [0.05, 0.1) is 0 Å². The highest BCUT2D eigenvalue weighted by molar-refractivity contribution is 9.10. The second-order valence-electron chi connectivity index (χ2n) is 5.93. The summed E-state index contributed by atoms with van der Waals surface area (Å²) >= 11 is 3.35. The first-order valence-corrected chi connectivity index (χ1v) is 6.86. The minimum atomic E-state index is -0.173. The van der Waals surface area contributed by atoms with E-state index in [9.17, 15) is 4.39 Å². The smallest absolute Gasteiger partial charge is 0.126 e. The maximum atomic E-state index is 13.4. The van der Waals surface area contributed by atoms with E-state index < -0.39 is 0 Å². The number of hydrogen-bond donors (Lipinski definition) is 0. The molecule has 17 heavy (non-hydrogen) atoms. The van der Waals surface area contributed by atoms with Crippen molar-refractivity contribution in [3.05, 3.63) is 28.5 Å². The van der Waals surface area contributed by atoms with E-state index in [0.29, 0.717) is 11.3 Å². The molecule has 0 aliphatic carbocycles. The molecule has 1 aliphatic rings. The molecule has 1 aromatic rings. The van der Waals surface area contributed by atoms with Crippen LogP contribution in [-0.4, -0.2) is 13.1 Å². The molecule has 2 rings (SSSR count). The van der Waals surface area contributed by atoms with Gasteiger partial charge in [-0.3, -0.25) is 0 Å². The van der Waals surface area contributed by atoms with Gasteiger partial charge in [-0.05, 0) is 36.0 Å². The van der Waals surface area contributed by atoms with Gasteiger partial charge in [-0.15, -0.1) is 0 Å². The van der Waals surface area contributed by atoms with Crippen LogP contribution >= 0.6 is 15.9 Å². The summed E-state index contributed by atoms with van der Waals surface area (Å²) in [6.45, 7) is 8.89. The lowest BCUT2D eigenvalue weighted by Crippen LogP contribution is -2.25. The third-order valence-corrected chi connectivity index (χ3v) is 4.08. The molecular formula is C14H19BrFN. The molecule has 0 saturated carbocycles. The first kappa shape index (κ1) is 12.9. The van der Waals surface area contributed by atoms with Gasteiger partial charge in [-0.2, -0.15) is 0 Å². The summed E-state index contributed by atoms with van der Waals surface area (Å²) < 4.78 is 14.2. The maximum absolute atomic E-state index is 13.4. The predicted molar refractivity (Wildman–Crippen MR) is 73.9 cm³/mol. The lowest BCUT2D eigenvalue weighted by atomic mass is 9.80. The van der Waals surface area contributed by atoms with E-state index in [0.717, 1.165) is 23.2 Å². The fraction of sp³-hybridized carbons (Fsp3) is 0.571. The summed E-state index contributed by atoms with van der Waals surface area (Å²) in [7, 11) is 0. The Bertz CT molecular complexity index is 391. The van der Waals surface area contributed by atoms with E-state index in [2.05, 4.69) is 41.6 Å². The fourth-order valence-electron chi connectivity index (χ4n) is 2.42. The average Bonchev–Trinajstić information content (AvgIpc) is 2.63. The molecule has 0 N–H and O–H groups in total. The van der Waals surface area contributed by atoms with Gasteiger partial charge >= 0.3 is 0 Å². The molecule has 1 aliphatic heterocycles. The van der Waals surface area contributed by atoms with Gasteiger partial charge in [-0.1, -0.05) is 36.7 Å². The number of anilines is 1. The SMILES string of the molecule is CC(C)(C)C1CCN(c2cc(F)cc(Br)c2)C1. The van der Waals surface area contributed by atoms with Crippen LogP contribution in [0.4, 0.5) is 10.1 Å². The number of nitrogens with zero attached hydrogens (tertiary/aromatic N) is 1. The fourth-order valence-corrected chi connectivity index (χ4v) is 2.88. The highest BCUT2D eigenvalue weighted by atomic mass is 79.9. The van der Waals surface area contributed by atoms with Crippen molar-refractivity contribution >= 4 is 21.6 Å². The molecule has 0 aromatic heterocycles. The van der Waals surface area contributed by atoms with Crippen molar-refractivity contribution in [1.29, 1.82) is 0 Å². The lowest BCUT2D eigenvalue weighted by molar-refractivity contribution is 0.263. The number of hydrogen-bond acceptors (Lipinski definition) is 1. The molecule has 1 fully saturated rings. The van der Waals surface area contributed by atoms with Crippen LogP contribution in [0.5, 0.6) is 0 Å². The van der Waals surface area contributed by atoms with Crippen LogP contribution in [0.2, 0.25) is 0 Å². The molecule has 1 saturated heterocycles. The molecule has 1 nitrogen and oxygen atoms in total. The highest BCUT2D eigenvalue weighted by Crippen LogP contribution is 2.36. The minimum Gasteiger partial charge on any atom is -0.371 e. The molecular weight excluding hydrogens is 281 g/mol. The molecule has 0 spiro atoms. The molecule has 94 valence electrons. The standard InChI is InChI=1S/C14H19BrFN/c1-14(2,3)10-4-5-17(9-10)13-7-11(15)6-12(16)8-13/h6-8,10H,4-5,9H2,1-3H3. The Balaban J connectivity index is 2.15. The molecule has 0 amide bonds. The van der Waals surface area contributed by atoms with Gasteiger partial charge in [0.25, 0.3) is 0 Å². The number of rotatable bonds is 1. The quantitative estimate of drug-likeness (QED) is 0.740. The van der Waals surface area contributed by atoms with Crippen molar-refractivity contribution in [2.75, 3.05) is 18.0 Å². The molecule has 1 atom stereocenters. The molecule has 3 heteroatoms. The average molecular weight is 300 g/mol. The predicted octanol–water partition coefficient (Wildman–Crippen LogP) is 4.46. The van der Waals surface area contributed by atoms with Crippen LogP contribution in [0.25, 0.3) is 0 Å². The van der Waals surface area contributed by atoms with Gasteiger partial charge in [-0.25, -0.2) is 4.39 Å².